The van der Waals surface area contributed by atoms with Crippen LogP contribution in [0.1, 0.15) is 38.0 Å². The van der Waals surface area contributed by atoms with Gasteiger partial charge in [0.2, 0.25) is 0 Å². The van der Waals surface area contributed by atoms with Crippen molar-refractivity contribution >= 4 is 38.6 Å². The first-order valence-corrected chi connectivity index (χ1v) is 9.22. The predicted molar refractivity (Wildman–Crippen MR) is 85.1 cm³/mol. The van der Waals surface area contributed by atoms with Crippen molar-refractivity contribution in [1.29, 1.82) is 0 Å². The van der Waals surface area contributed by atoms with Gasteiger partial charge in [0.05, 0.1) is 4.88 Å². The number of rotatable bonds is 4. The second kappa shape index (κ2) is 6.07. The number of thiocarbonyl (C=S) groups is 1. The Kier molecular flexibility index (Phi) is 4.80. The van der Waals surface area contributed by atoms with E-state index in [1.807, 2.05) is 18.9 Å². The number of nitrogens with zero attached hydrogens (tertiary/aromatic N) is 1. The first-order chi connectivity index (χ1) is 9.31. The highest BCUT2D eigenvalue weighted by molar-refractivity contribution is 7.91. The number of thiophene rings is 1. The molecule has 0 radical (unpaired) electrons. The maximum absolute atomic E-state index is 12.4. The number of sulfonamides is 1. The topological polar surface area (TPSA) is 75.4 Å². The lowest BCUT2D eigenvalue weighted by atomic mass is 10.0. The lowest BCUT2D eigenvalue weighted by molar-refractivity contribution is 0.0791. The molecule has 2 unspecified atom stereocenters. The molecule has 0 spiro atoms. The summed E-state index contributed by atoms with van der Waals surface area (Å²) in [5.41, 5.74) is 5.51. The van der Waals surface area contributed by atoms with Gasteiger partial charge in [0.1, 0.15) is 9.20 Å². The summed E-state index contributed by atoms with van der Waals surface area (Å²) in [6.45, 7) is 4.07. The van der Waals surface area contributed by atoms with Crippen LogP contribution in [0.15, 0.2) is 16.3 Å². The fraction of sp³-hybridized carbons (Fsp3) is 0.583. The molecule has 1 aromatic heterocycles. The number of hydrazine groups is 1. The van der Waals surface area contributed by atoms with Crippen LogP contribution >= 0.6 is 23.6 Å². The van der Waals surface area contributed by atoms with Crippen LogP contribution in [0.3, 0.4) is 0 Å². The number of nitrogens with two attached hydrogens (primary N) is 1. The van der Waals surface area contributed by atoms with Gasteiger partial charge in [-0.25, -0.2) is 13.4 Å². The maximum Gasteiger partial charge on any atom is 0.262 e. The molecule has 3 N–H and O–H groups in total. The van der Waals surface area contributed by atoms with E-state index in [-0.39, 0.29) is 21.3 Å². The normalized spacial score (nSPS) is 24.7. The van der Waals surface area contributed by atoms with Gasteiger partial charge >= 0.3 is 0 Å². The lowest BCUT2D eigenvalue weighted by Gasteiger charge is -2.38. The highest BCUT2D eigenvalue weighted by Gasteiger charge is 2.29. The monoisotopic (exact) mass is 333 g/mol. The molecule has 20 heavy (non-hydrogen) atoms. The van der Waals surface area contributed by atoms with Gasteiger partial charge in [0.15, 0.2) is 0 Å². The quantitative estimate of drug-likeness (QED) is 0.822. The molecule has 0 aromatic carbocycles. The van der Waals surface area contributed by atoms with Crippen molar-refractivity contribution in [2.45, 2.75) is 49.4 Å². The van der Waals surface area contributed by atoms with Gasteiger partial charge < -0.3 is 5.73 Å². The summed E-state index contributed by atoms with van der Waals surface area (Å²) in [6, 6.07) is 3.58. The summed E-state index contributed by atoms with van der Waals surface area (Å²) in [7, 11) is -3.56. The molecule has 1 aromatic rings. The molecule has 5 nitrogen and oxygen atoms in total. The third kappa shape index (κ3) is 3.37. The van der Waals surface area contributed by atoms with Crippen LogP contribution < -0.4 is 10.6 Å². The Bertz CT molecular complexity index is 587. The first kappa shape index (κ1) is 15.8. The van der Waals surface area contributed by atoms with E-state index in [0.29, 0.717) is 4.88 Å². The predicted octanol–water partition coefficient (Wildman–Crippen LogP) is 1.84. The average Bonchev–Trinajstić information content (AvgIpc) is 2.84. The summed E-state index contributed by atoms with van der Waals surface area (Å²) in [5.74, 6) is 0. The second-order valence-corrected chi connectivity index (χ2v) is 8.53. The SMILES string of the molecule is CC1CCCC(C)N1NS(=O)(=O)c1ccc(C(N)=S)s1. The zero-order valence-electron chi connectivity index (χ0n) is 11.5. The molecule has 2 rings (SSSR count). The Hall–Kier alpha value is -0.540. The van der Waals surface area contributed by atoms with Crippen molar-refractivity contribution in [2.24, 2.45) is 5.73 Å². The zero-order chi connectivity index (χ0) is 14.9. The molecule has 1 saturated heterocycles. The maximum atomic E-state index is 12.4. The molecule has 2 heterocycles. The van der Waals surface area contributed by atoms with Crippen molar-refractivity contribution in [3.05, 3.63) is 17.0 Å². The minimum Gasteiger partial charge on any atom is -0.389 e. The standard InChI is InChI=1S/C12H19N3O2S3/c1-8-4-3-5-9(2)15(8)14-20(16,17)11-7-6-10(19-11)12(13)18/h6-9,14H,3-5H2,1-2H3,(H2,13,18). The lowest BCUT2D eigenvalue weighted by Crippen LogP contribution is -2.53. The van der Waals surface area contributed by atoms with Gasteiger partial charge in [-0.05, 0) is 38.8 Å². The van der Waals surface area contributed by atoms with E-state index >= 15 is 0 Å². The average molecular weight is 334 g/mol. The highest BCUT2D eigenvalue weighted by atomic mass is 32.2. The smallest absolute Gasteiger partial charge is 0.262 e. The fourth-order valence-electron chi connectivity index (χ4n) is 2.38. The highest BCUT2D eigenvalue weighted by Crippen LogP contribution is 2.25. The zero-order valence-corrected chi connectivity index (χ0v) is 13.9. The molecular weight excluding hydrogens is 314 g/mol. The van der Waals surface area contributed by atoms with E-state index in [1.54, 1.807) is 12.1 Å². The molecular formula is C12H19N3O2S3. The number of piperidine rings is 1. The van der Waals surface area contributed by atoms with E-state index in [0.717, 1.165) is 30.6 Å². The van der Waals surface area contributed by atoms with Crippen LogP contribution in [0.5, 0.6) is 0 Å². The Balaban J connectivity index is 2.19. The van der Waals surface area contributed by atoms with E-state index < -0.39 is 10.0 Å². The largest absolute Gasteiger partial charge is 0.389 e. The van der Waals surface area contributed by atoms with Crippen LogP contribution in [0.4, 0.5) is 0 Å². The van der Waals surface area contributed by atoms with Crippen molar-refractivity contribution in [3.8, 4) is 0 Å². The minimum atomic E-state index is -3.56. The van der Waals surface area contributed by atoms with Gasteiger partial charge in [-0.2, -0.15) is 0 Å². The molecule has 2 atom stereocenters. The molecule has 1 aliphatic heterocycles. The summed E-state index contributed by atoms with van der Waals surface area (Å²) in [6.07, 6.45) is 3.12. The third-order valence-corrected chi connectivity index (χ3v) is 6.80. The van der Waals surface area contributed by atoms with Crippen molar-refractivity contribution < 1.29 is 8.42 Å². The Labute approximate surface area is 129 Å². The molecule has 1 fully saturated rings. The Morgan fingerprint density at radius 1 is 1.40 bits per heavy atom. The summed E-state index contributed by atoms with van der Waals surface area (Å²) in [5, 5.41) is 1.83. The van der Waals surface area contributed by atoms with Gasteiger partial charge in [-0.1, -0.05) is 18.6 Å². The van der Waals surface area contributed by atoms with Gasteiger partial charge in [-0.15, -0.1) is 16.2 Å². The number of hydrogen-bond acceptors (Lipinski definition) is 5. The van der Waals surface area contributed by atoms with Crippen LogP contribution in [0.25, 0.3) is 0 Å². The van der Waals surface area contributed by atoms with E-state index in [9.17, 15) is 8.42 Å². The van der Waals surface area contributed by atoms with E-state index in [4.69, 9.17) is 18.0 Å². The molecule has 8 heteroatoms. The van der Waals surface area contributed by atoms with Crippen LogP contribution in [0, 0.1) is 0 Å². The number of hydrogen-bond donors (Lipinski definition) is 2. The van der Waals surface area contributed by atoms with Crippen LogP contribution in [-0.4, -0.2) is 30.5 Å². The fourth-order valence-corrected chi connectivity index (χ4v) is 4.96. The molecule has 1 aliphatic rings. The minimum absolute atomic E-state index is 0.198. The van der Waals surface area contributed by atoms with Crippen LogP contribution in [0.2, 0.25) is 0 Å². The summed E-state index contributed by atoms with van der Waals surface area (Å²) < 4.78 is 25.0. The second-order valence-electron chi connectivity index (χ2n) is 5.11. The van der Waals surface area contributed by atoms with Crippen molar-refractivity contribution in [2.75, 3.05) is 0 Å². The molecule has 0 amide bonds. The Morgan fingerprint density at radius 2 is 2.00 bits per heavy atom. The van der Waals surface area contributed by atoms with Gasteiger partial charge in [0, 0.05) is 12.1 Å². The first-order valence-electron chi connectivity index (χ1n) is 6.51. The van der Waals surface area contributed by atoms with Crippen LogP contribution in [-0.2, 0) is 10.0 Å². The summed E-state index contributed by atoms with van der Waals surface area (Å²) >= 11 is 5.96. The summed E-state index contributed by atoms with van der Waals surface area (Å²) in [4.78, 5) is 3.53. The molecule has 0 aliphatic carbocycles. The van der Waals surface area contributed by atoms with Crippen molar-refractivity contribution in [3.63, 3.8) is 0 Å². The van der Waals surface area contributed by atoms with Crippen molar-refractivity contribution in [1.82, 2.24) is 9.84 Å². The Morgan fingerprint density at radius 3 is 2.50 bits per heavy atom. The number of nitrogens with one attached hydrogen (secondary N) is 1. The van der Waals surface area contributed by atoms with Gasteiger partial charge in [0.25, 0.3) is 10.0 Å². The third-order valence-electron chi connectivity index (χ3n) is 3.51. The van der Waals surface area contributed by atoms with Gasteiger partial charge in [-0.3, -0.25) is 0 Å². The molecule has 0 bridgehead atoms. The van der Waals surface area contributed by atoms with E-state index in [1.165, 1.54) is 0 Å². The molecule has 112 valence electrons. The molecule has 0 saturated carbocycles. The van der Waals surface area contributed by atoms with E-state index in [2.05, 4.69) is 4.83 Å².